The smallest absolute Gasteiger partial charge is 0.272 e. The summed E-state index contributed by atoms with van der Waals surface area (Å²) in [4.78, 5) is 24.2. The van der Waals surface area contributed by atoms with Crippen LogP contribution in [-0.2, 0) is 0 Å². The Labute approximate surface area is 166 Å². The van der Waals surface area contributed by atoms with E-state index in [4.69, 9.17) is 4.99 Å². The Balaban J connectivity index is 1.70. The molecule has 0 saturated carbocycles. The van der Waals surface area contributed by atoms with Gasteiger partial charge in [-0.2, -0.15) is 0 Å². The number of fused-ring (bicyclic) bond motifs is 1. The lowest BCUT2D eigenvalue weighted by Gasteiger charge is -2.47. The third kappa shape index (κ3) is 3.59. The summed E-state index contributed by atoms with van der Waals surface area (Å²) in [6, 6.07) is 13.6. The highest BCUT2D eigenvalue weighted by Crippen LogP contribution is 2.37. The molecule has 146 valence electrons. The predicted molar refractivity (Wildman–Crippen MR) is 113 cm³/mol. The van der Waals surface area contributed by atoms with Gasteiger partial charge in [-0.25, -0.2) is 0 Å². The van der Waals surface area contributed by atoms with Gasteiger partial charge in [0.2, 0.25) is 0 Å². The minimum absolute atomic E-state index is 0.0320. The first-order chi connectivity index (χ1) is 13.4. The Morgan fingerprint density at radius 2 is 1.89 bits per heavy atom. The number of nitrogens with zero attached hydrogens (tertiary/aromatic N) is 3. The summed E-state index contributed by atoms with van der Waals surface area (Å²) < 4.78 is 0. The van der Waals surface area contributed by atoms with Crippen LogP contribution in [0.25, 0.3) is 0 Å². The fourth-order valence-corrected chi connectivity index (χ4v) is 3.91. The number of hydrogen-bond acceptors (Lipinski definition) is 4. The van der Waals surface area contributed by atoms with Gasteiger partial charge in [0.15, 0.2) is 0 Å². The van der Waals surface area contributed by atoms with Crippen LogP contribution in [0.15, 0.2) is 53.7 Å². The van der Waals surface area contributed by atoms with E-state index >= 15 is 0 Å². The number of para-hydroxylation sites is 2. The van der Waals surface area contributed by atoms with Crippen LogP contribution in [-0.4, -0.2) is 45.8 Å². The van der Waals surface area contributed by atoms with Crippen LogP contribution in [0, 0.1) is 0 Å². The summed E-state index contributed by atoms with van der Waals surface area (Å²) in [6.45, 7) is 7.56. The quantitative estimate of drug-likeness (QED) is 0.793. The maximum absolute atomic E-state index is 13.0. The second-order valence-electron chi connectivity index (χ2n) is 8.55. The Morgan fingerprint density at radius 1 is 1.14 bits per heavy atom. The predicted octanol–water partition coefficient (Wildman–Crippen LogP) is 3.79. The summed E-state index contributed by atoms with van der Waals surface area (Å²) in [5, 5.41) is 7.26. The van der Waals surface area contributed by atoms with Crippen LogP contribution >= 0.6 is 0 Å². The number of aromatic nitrogens is 1. The Morgan fingerprint density at radius 3 is 2.61 bits per heavy atom. The Hall–Kier alpha value is -2.89. The molecule has 6 heteroatoms. The minimum atomic E-state index is -0.426. The number of benzene rings is 1. The molecule has 1 fully saturated rings. The van der Waals surface area contributed by atoms with Crippen molar-refractivity contribution in [2.75, 3.05) is 23.7 Å². The van der Waals surface area contributed by atoms with E-state index in [-0.39, 0.29) is 11.4 Å². The lowest BCUT2D eigenvalue weighted by Crippen LogP contribution is -2.63. The van der Waals surface area contributed by atoms with Crippen molar-refractivity contribution < 1.29 is 4.79 Å². The third-order valence-electron chi connectivity index (χ3n) is 5.12. The summed E-state index contributed by atoms with van der Waals surface area (Å²) in [5.41, 5.74) is 1.89. The first kappa shape index (κ1) is 18.5. The van der Waals surface area contributed by atoms with Crippen molar-refractivity contribution in [2.24, 2.45) is 4.99 Å². The van der Waals surface area contributed by atoms with Crippen molar-refractivity contribution in [3.8, 4) is 0 Å². The van der Waals surface area contributed by atoms with Crippen molar-refractivity contribution in [1.29, 1.82) is 0 Å². The van der Waals surface area contributed by atoms with Gasteiger partial charge in [0, 0.05) is 12.7 Å². The van der Waals surface area contributed by atoms with Crippen LogP contribution in [0.4, 0.5) is 11.4 Å². The molecule has 3 heterocycles. The average Bonchev–Trinajstić information content (AvgIpc) is 2.68. The fourth-order valence-electron chi connectivity index (χ4n) is 3.91. The molecule has 28 heavy (non-hydrogen) atoms. The molecule has 1 aromatic heterocycles. The maximum atomic E-state index is 13.0. The zero-order valence-corrected chi connectivity index (χ0v) is 16.7. The number of nitrogens with one attached hydrogen (secondary N) is 2. The first-order valence-electron chi connectivity index (χ1n) is 9.81. The topological polar surface area (TPSA) is 69.6 Å². The van der Waals surface area contributed by atoms with E-state index in [9.17, 15) is 4.79 Å². The molecule has 0 aliphatic carbocycles. The monoisotopic (exact) mass is 377 g/mol. The van der Waals surface area contributed by atoms with Gasteiger partial charge in [0.05, 0.1) is 23.5 Å². The van der Waals surface area contributed by atoms with Gasteiger partial charge in [0.25, 0.3) is 5.91 Å². The molecule has 0 bridgehead atoms. The SMILES string of the molecule is CC(C)(C)N=C1Nc2ccccc2N[C@@]12CCCN(C(=O)c1ccccn1)C2. The standard InChI is InChI=1S/C22H27N5O/c1-21(2,3)26-20-22(25-17-10-5-4-9-16(17)24-20)12-8-14-27(15-22)19(28)18-11-6-7-13-23-18/h4-7,9-11,13,25H,8,12,14-15H2,1-3H3,(H,24,26)/t22-/m1/s1. The normalized spacial score (nSPS) is 23.1. The summed E-state index contributed by atoms with van der Waals surface area (Å²) in [5.74, 6) is 0.868. The summed E-state index contributed by atoms with van der Waals surface area (Å²) in [7, 11) is 0. The average molecular weight is 377 g/mol. The Kier molecular flexibility index (Phi) is 4.57. The number of rotatable bonds is 1. The molecule has 2 aliphatic heterocycles. The van der Waals surface area contributed by atoms with Crippen LogP contribution < -0.4 is 10.6 Å². The number of pyridine rings is 1. The van der Waals surface area contributed by atoms with Crippen LogP contribution in [0.2, 0.25) is 0 Å². The lowest BCUT2D eigenvalue weighted by atomic mass is 9.84. The van der Waals surface area contributed by atoms with E-state index < -0.39 is 5.54 Å². The maximum Gasteiger partial charge on any atom is 0.272 e. The van der Waals surface area contributed by atoms with Crippen molar-refractivity contribution in [3.05, 3.63) is 54.4 Å². The molecule has 1 amide bonds. The van der Waals surface area contributed by atoms with E-state index in [0.717, 1.165) is 36.6 Å². The highest BCUT2D eigenvalue weighted by Gasteiger charge is 2.45. The molecule has 1 saturated heterocycles. The number of amides is 1. The zero-order valence-electron chi connectivity index (χ0n) is 16.7. The molecule has 4 rings (SSSR count). The molecule has 1 aromatic carbocycles. The fraction of sp³-hybridized carbons (Fsp3) is 0.409. The second kappa shape index (κ2) is 6.93. The highest BCUT2D eigenvalue weighted by atomic mass is 16.2. The molecule has 0 unspecified atom stereocenters. The molecule has 2 aromatic rings. The number of aliphatic imine (C=N–C) groups is 1. The van der Waals surface area contributed by atoms with Crippen LogP contribution in [0.5, 0.6) is 0 Å². The van der Waals surface area contributed by atoms with Crippen molar-refractivity contribution >= 4 is 23.1 Å². The molecule has 0 radical (unpaired) electrons. The van der Waals surface area contributed by atoms with Gasteiger partial charge < -0.3 is 15.5 Å². The number of anilines is 2. The molecule has 6 nitrogen and oxygen atoms in total. The van der Waals surface area contributed by atoms with Crippen molar-refractivity contribution in [1.82, 2.24) is 9.88 Å². The van der Waals surface area contributed by atoms with Gasteiger partial charge in [-0.15, -0.1) is 0 Å². The lowest BCUT2D eigenvalue weighted by molar-refractivity contribution is 0.0688. The van der Waals surface area contributed by atoms with Gasteiger partial charge in [-0.05, 0) is 57.9 Å². The van der Waals surface area contributed by atoms with Gasteiger partial charge in [0.1, 0.15) is 17.1 Å². The highest BCUT2D eigenvalue weighted by molar-refractivity contribution is 6.10. The first-order valence-corrected chi connectivity index (χ1v) is 9.81. The van der Waals surface area contributed by atoms with Crippen molar-refractivity contribution in [3.63, 3.8) is 0 Å². The number of likely N-dealkylation sites (tertiary alicyclic amines) is 1. The Bertz CT molecular complexity index is 903. The largest absolute Gasteiger partial charge is 0.370 e. The van der Waals surface area contributed by atoms with Gasteiger partial charge in [-0.3, -0.25) is 14.8 Å². The minimum Gasteiger partial charge on any atom is -0.370 e. The van der Waals surface area contributed by atoms with E-state index in [2.05, 4.69) is 42.5 Å². The molecular formula is C22H27N5O. The zero-order chi connectivity index (χ0) is 19.8. The van der Waals surface area contributed by atoms with E-state index in [1.807, 2.05) is 35.2 Å². The number of piperidine rings is 1. The second-order valence-corrected chi connectivity index (χ2v) is 8.55. The molecule has 2 aliphatic rings. The number of amidine groups is 1. The van der Waals surface area contributed by atoms with E-state index in [1.165, 1.54) is 0 Å². The summed E-state index contributed by atoms with van der Waals surface area (Å²) >= 11 is 0. The van der Waals surface area contributed by atoms with Crippen LogP contribution in [0.1, 0.15) is 44.1 Å². The van der Waals surface area contributed by atoms with Gasteiger partial charge >= 0.3 is 0 Å². The molecular weight excluding hydrogens is 350 g/mol. The van der Waals surface area contributed by atoms with Gasteiger partial charge in [-0.1, -0.05) is 18.2 Å². The third-order valence-corrected chi connectivity index (χ3v) is 5.12. The molecule has 1 spiro atoms. The number of hydrogen-bond donors (Lipinski definition) is 2. The van der Waals surface area contributed by atoms with E-state index in [0.29, 0.717) is 12.2 Å². The van der Waals surface area contributed by atoms with Crippen LogP contribution in [0.3, 0.4) is 0 Å². The molecule has 1 atom stereocenters. The van der Waals surface area contributed by atoms with E-state index in [1.54, 1.807) is 12.3 Å². The number of carbonyl (C=O) groups excluding carboxylic acids is 1. The van der Waals surface area contributed by atoms with Crippen molar-refractivity contribution in [2.45, 2.75) is 44.7 Å². The number of carbonyl (C=O) groups is 1. The summed E-state index contributed by atoms with van der Waals surface area (Å²) in [6.07, 6.45) is 3.48. The molecule has 2 N–H and O–H groups in total.